The fourth-order valence-electron chi connectivity index (χ4n) is 2.57. The molecule has 2 aromatic rings. The molecule has 0 aliphatic heterocycles. The van der Waals surface area contributed by atoms with Gasteiger partial charge in [0.15, 0.2) is 0 Å². The molecule has 1 amide bonds. The van der Waals surface area contributed by atoms with Crippen LogP contribution in [-0.2, 0) is 4.79 Å². The lowest BCUT2D eigenvalue weighted by Crippen LogP contribution is -2.35. The lowest BCUT2D eigenvalue weighted by Gasteiger charge is -2.19. The second-order valence-electron chi connectivity index (χ2n) is 5.51. The Hall–Kier alpha value is -1.84. The predicted octanol–water partition coefficient (Wildman–Crippen LogP) is 3.81. The predicted molar refractivity (Wildman–Crippen MR) is 97.7 cm³/mol. The number of hydrogen-bond acceptors (Lipinski definition) is 2. The van der Waals surface area contributed by atoms with Crippen molar-refractivity contribution in [2.75, 3.05) is 6.54 Å². The monoisotopic (exact) mass is 332 g/mol. The molecule has 0 spiro atoms. The topological polar surface area (TPSA) is 55.1 Å². The number of carbonyl (C=O) groups excluding carboxylic acids is 1. The Kier molecular flexibility index (Phi) is 8.38. The Morgan fingerprint density at radius 3 is 2.04 bits per heavy atom. The second-order valence-corrected chi connectivity index (χ2v) is 5.51. The van der Waals surface area contributed by atoms with Gasteiger partial charge in [-0.05, 0) is 17.5 Å². The number of nitrogens with one attached hydrogen (secondary N) is 1. The number of nitrogens with two attached hydrogens (primary N) is 1. The molecular formula is C19H25ClN2O. The standard InChI is InChI=1S/C19H24N2O.ClH/c1-2-9-17(15-10-5-3-6-11-15)19(22)21-14-18(20)16-12-7-4-8-13-16;/h3-8,10-13,17-18H,2,9,14,20H2,1H3,(H,21,22);1H. The fraction of sp³-hybridized carbons (Fsp3) is 0.316. The van der Waals surface area contributed by atoms with E-state index in [9.17, 15) is 4.79 Å². The highest BCUT2D eigenvalue weighted by molar-refractivity contribution is 5.85. The van der Waals surface area contributed by atoms with Gasteiger partial charge in [-0.1, -0.05) is 74.0 Å². The first-order chi connectivity index (χ1) is 10.7. The van der Waals surface area contributed by atoms with Crippen LogP contribution in [0.1, 0.15) is 42.9 Å². The molecule has 0 radical (unpaired) electrons. The summed E-state index contributed by atoms with van der Waals surface area (Å²) >= 11 is 0. The molecule has 0 fully saturated rings. The number of halogens is 1. The smallest absolute Gasteiger partial charge is 0.227 e. The fourth-order valence-corrected chi connectivity index (χ4v) is 2.57. The van der Waals surface area contributed by atoms with E-state index in [2.05, 4.69) is 12.2 Å². The third kappa shape index (κ3) is 5.70. The van der Waals surface area contributed by atoms with E-state index in [1.807, 2.05) is 60.7 Å². The summed E-state index contributed by atoms with van der Waals surface area (Å²) in [6, 6.07) is 19.6. The van der Waals surface area contributed by atoms with E-state index in [0.29, 0.717) is 6.54 Å². The second kappa shape index (κ2) is 10.0. The molecule has 2 atom stereocenters. The zero-order valence-electron chi connectivity index (χ0n) is 13.4. The van der Waals surface area contributed by atoms with Gasteiger partial charge in [0.2, 0.25) is 5.91 Å². The van der Waals surface area contributed by atoms with Crippen LogP contribution in [0.2, 0.25) is 0 Å². The first kappa shape index (κ1) is 19.2. The third-order valence-electron chi connectivity index (χ3n) is 3.82. The molecule has 124 valence electrons. The molecule has 0 aromatic heterocycles. The minimum Gasteiger partial charge on any atom is -0.354 e. The van der Waals surface area contributed by atoms with Gasteiger partial charge in [0.25, 0.3) is 0 Å². The SMILES string of the molecule is CCCC(C(=O)NCC(N)c1ccccc1)c1ccccc1.Cl. The van der Waals surface area contributed by atoms with Crippen molar-refractivity contribution in [3.8, 4) is 0 Å². The summed E-state index contributed by atoms with van der Waals surface area (Å²) in [4.78, 5) is 12.5. The average Bonchev–Trinajstić information content (AvgIpc) is 2.58. The van der Waals surface area contributed by atoms with Crippen molar-refractivity contribution >= 4 is 18.3 Å². The van der Waals surface area contributed by atoms with E-state index in [0.717, 1.165) is 24.0 Å². The van der Waals surface area contributed by atoms with Gasteiger partial charge in [-0.15, -0.1) is 12.4 Å². The van der Waals surface area contributed by atoms with Crippen molar-refractivity contribution in [3.05, 3.63) is 71.8 Å². The zero-order valence-corrected chi connectivity index (χ0v) is 14.3. The molecule has 0 heterocycles. The number of benzene rings is 2. The number of hydrogen-bond donors (Lipinski definition) is 2. The Morgan fingerprint density at radius 1 is 1.00 bits per heavy atom. The molecule has 2 rings (SSSR count). The van der Waals surface area contributed by atoms with Crippen LogP contribution in [0.3, 0.4) is 0 Å². The van der Waals surface area contributed by atoms with Gasteiger partial charge in [0.1, 0.15) is 0 Å². The first-order valence-electron chi connectivity index (χ1n) is 7.85. The molecule has 0 bridgehead atoms. The Balaban J connectivity index is 0.00000264. The van der Waals surface area contributed by atoms with E-state index in [4.69, 9.17) is 5.73 Å². The van der Waals surface area contributed by atoms with E-state index >= 15 is 0 Å². The summed E-state index contributed by atoms with van der Waals surface area (Å²) in [5.41, 5.74) is 8.24. The number of rotatable bonds is 7. The lowest BCUT2D eigenvalue weighted by molar-refractivity contribution is -0.122. The van der Waals surface area contributed by atoms with Crippen LogP contribution in [0.5, 0.6) is 0 Å². The van der Waals surface area contributed by atoms with Crippen molar-refractivity contribution in [2.24, 2.45) is 5.73 Å². The molecule has 23 heavy (non-hydrogen) atoms. The zero-order chi connectivity index (χ0) is 15.8. The molecule has 0 aliphatic rings. The van der Waals surface area contributed by atoms with Crippen LogP contribution in [0.15, 0.2) is 60.7 Å². The maximum absolute atomic E-state index is 12.5. The van der Waals surface area contributed by atoms with Gasteiger partial charge in [-0.25, -0.2) is 0 Å². The van der Waals surface area contributed by atoms with Crippen LogP contribution in [0.4, 0.5) is 0 Å². The molecule has 3 nitrogen and oxygen atoms in total. The van der Waals surface area contributed by atoms with E-state index in [-0.39, 0.29) is 30.3 Å². The van der Waals surface area contributed by atoms with Crippen LogP contribution in [0.25, 0.3) is 0 Å². The first-order valence-corrected chi connectivity index (χ1v) is 7.85. The molecule has 2 unspecified atom stereocenters. The summed E-state index contributed by atoms with van der Waals surface area (Å²) < 4.78 is 0. The summed E-state index contributed by atoms with van der Waals surface area (Å²) in [6.07, 6.45) is 1.81. The summed E-state index contributed by atoms with van der Waals surface area (Å²) in [5, 5.41) is 3.00. The molecule has 0 saturated heterocycles. The third-order valence-corrected chi connectivity index (χ3v) is 3.82. The van der Waals surface area contributed by atoms with E-state index in [1.165, 1.54) is 0 Å². The van der Waals surface area contributed by atoms with Gasteiger partial charge >= 0.3 is 0 Å². The molecular weight excluding hydrogens is 308 g/mol. The quantitative estimate of drug-likeness (QED) is 0.810. The molecule has 0 aliphatic carbocycles. The summed E-state index contributed by atoms with van der Waals surface area (Å²) in [6.45, 7) is 2.55. The van der Waals surface area contributed by atoms with E-state index in [1.54, 1.807) is 0 Å². The highest BCUT2D eigenvalue weighted by Gasteiger charge is 2.20. The summed E-state index contributed by atoms with van der Waals surface area (Å²) in [5.74, 6) is -0.0476. The van der Waals surface area contributed by atoms with Gasteiger partial charge in [-0.3, -0.25) is 4.79 Å². The minimum atomic E-state index is -0.178. The van der Waals surface area contributed by atoms with Crippen LogP contribution in [0, 0.1) is 0 Å². The van der Waals surface area contributed by atoms with Gasteiger partial charge in [-0.2, -0.15) is 0 Å². The van der Waals surface area contributed by atoms with Gasteiger partial charge in [0.05, 0.1) is 5.92 Å². The maximum atomic E-state index is 12.5. The van der Waals surface area contributed by atoms with Crippen LogP contribution < -0.4 is 11.1 Å². The molecule has 3 N–H and O–H groups in total. The lowest BCUT2D eigenvalue weighted by atomic mass is 9.93. The number of amides is 1. The Bertz CT molecular complexity index is 574. The van der Waals surface area contributed by atoms with Crippen molar-refractivity contribution in [1.82, 2.24) is 5.32 Å². The average molecular weight is 333 g/mol. The molecule has 0 saturated carbocycles. The van der Waals surface area contributed by atoms with Gasteiger partial charge < -0.3 is 11.1 Å². The Labute approximate surface area is 144 Å². The molecule has 2 aromatic carbocycles. The number of carbonyl (C=O) groups is 1. The minimum absolute atomic E-state index is 0. The van der Waals surface area contributed by atoms with Crippen molar-refractivity contribution in [1.29, 1.82) is 0 Å². The highest BCUT2D eigenvalue weighted by Crippen LogP contribution is 2.21. The van der Waals surface area contributed by atoms with Crippen LogP contribution in [-0.4, -0.2) is 12.5 Å². The largest absolute Gasteiger partial charge is 0.354 e. The summed E-state index contributed by atoms with van der Waals surface area (Å²) in [7, 11) is 0. The van der Waals surface area contributed by atoms with Crippen molar-refractivity contribution in [3.63, 3.8) is 0 Å². The van der Waals surface area contributed by atoms with Crippen molar-refractivity contribution in [2.45, 2.75) is 31.7 Å². The van der Waals surface area contributed by atoms with Gasteiger partial charge in [0, 0.05) is 12.6 Å². The Morgan fingerprint density at radius 2 is 1.52 bits per heavy atom. The maximum Gasteiger partial charge on any atom is 0.227 e. The van der Waals surface area contributed by atoms with Crippen LogP contribution >= 0.6 is 12.4 Å². The van der Waals surface area contributed by atoms with E-state index < -0.39 is 0 Å². The highest BCUT2D eigenvalue weighted by atomic mass is 35.5. The molecule has 4 heteroatoms. The normalized spacial score (nSPS) is 12.8. The van der Waals surface area contributed by atoms with Crippen molar-refractivity contribution < 1.29 is 4.79 Å².